The maximum atomic E-state index is 12.4. The second kappa shape index (κ2) is 6.37. The monoisotopic (exact) mass is 332 g/mol. The molecule has 0 saturated heterocycles. The van der Waals surface area contributed by atoms with E-state index in [4.69, 9.17) is 15.1 Å². The Kier molecular flexibility index (Phi) is 4.52. The summed E-state index contributed by atoms with van der Waals surface area (Å²) in [6, 6.07) is 11.1. The van der Waals surface area contributed by atoms with E-state index in [1.807, 2.05) is 6.07 Å². The number of hydrogen-bond acceptors (Lipinski definition) is 5. The Bertz CT molecular complexity index is 883. The van der Waals surface area contributed by atoms with Crippen LogP contribution in [0.2, 0.25) is 0 Å². The summed E-state index contributed by atoms with van der Waals surface area (Å²) < 4.78 is 32.2. The summed E-state index contributed by atoms with van der Waals surface area (Å²) in [6.07, 6.45) is 0. The van der Waals surface area contributed by atoms with Crippen LogP contribution in [-0.4, -0.2) is 26.6 Å². The number of carboxylic acids is 1. The van der Waals surface area contributed by atoms with Gasteiger partial charge >= 0.3 is 5.97 Å². The van der Waals surface area contributed by atoms with Gasteiger partial charge in [-0.25, -0.2) is 13.2 Å². The van der Waals surface area contributed by atoms with E-state index in [2.05, 4.69) is 4.72 Å². The van der Waals surface area contributed by atoms with Crippen LogP contribution >= 0.6 is 0 Å². The van der Waals surface area contributed by atoms with Crippen LogP contribution in [0, 0.1) is 11.3 Å². The summed E-state index contributed by atoms with van der Waals surface area (Å²) in [5.74, 6) is -1.06. The van der Waals surface area contributed by atoms with Crippen molar-refractivity contribution in [2.75, 3.05) is 11.8 Å². The van der Waals surface area contributed by atoms with E-state index < -0.39 is 16.0 Å². The average Bonchev–Trinajstić information content (AvgIpc) is 2.54. The third kappa shape index (κ3) is 3.59. The minimum absolute atomic E-state index is 0.0405. The van der Waals surface area contributed by atoms with E-state index in [0.29, 0.717) is 0 Å². The SMILES string of the molecule is COc1cc(C#N)ccc1S(=O)(=O)Nc1ccc(C(=O)O)cc1. The van der Waals surface area contributed by atoms with Gasteiger partial charge in [-0.05, 0) is 42.5 Å². The van der Waals surface area contributed by atoms with Gasteiger partial charge in [0.1, 0.15) is 10.6 Å². The molecule has 0 amide bonds. The number of methoxy groups -OCH3 is 1. The van der Waals surface area contributed by atoms with Crippen molar-refractivity contribution in [3.05, 3.63) is 53.6 Å². The third-order valence-corrected chi connectivity index (χ3v) is 4.39. The number of aromatic carboxylic acids is 1. The number of rotatable bonds is 5. The lowest BCUT2D eigenvalue weighted by Gasteiger charge is -2.12. The summed E-state index contributed by atoms with van der Waals surface area (Å²) in [5, 5.41) is 17.7. The number of nitriles is 1. The van der Waals surface area contributed by atoms with Gasteiger partial charge in [0.05, 0.1) is 24.3 Å². The topological polar surface area (TPSA) is 116 Å². The van der Waals surface area contributed by atoms with Crippen LogP contribution in [0.15, 0.2) is 47.4 Å². The second-order valence-corrected chi connectivity index (χ2v) is 6.12. The number of ether oxygens (including phenoxy) is 1. The highest BCUT2D eigenvalue weighted by Gasteiger charge is 2.20. The Morgan fingerprint density at radius 2 is 1.87 bits per heavy atom. The van der Waals surface area contributed by atoms with Crippen molar-refractivity contribution in [3.8, 4) is 11.8 Å². The standard InChI is InChI=1S/C15H12N2O5S/c1-22-13-8-10(9-16)2-7-14(13)23(20,21)17-12-5-3-11(4-6-12)15(18)19/h2-8,17H,1H3,(H,18,19). The molecule has 0 aliphatic rings. The Morgan fingerprint density at radius 3 is 2.39 bits per heavy atom. The van der Waals surface area contributed by atoms with Gasteiger partial charge in [-0.2, -0.15) is 5.26 Å². The zero-order valence-electron chi connectivity index (χ0n) is 12.0. The number of benzene rings is 2. The van der Waals surface area contributed by atoms with Crippen molar-refractivity contribution < 1.29 is 23.1 Å². The van der Waals surface area contributed by atoms with Gasteiger partial charge in [-0.1, -0.05) is 0 Å². The van der Waals surface area contributed by atoms with Gasteiger partial charge in [0.2, 0.25) is 0 Å². The molecule has 0 aromatic heterocycles. The number of carbonyl (C=O) groups is 1. The average molecular weight is 332 g/mol. The minimum Gasteiger partial charge on any atom is -0.495 e. The molecule has 0 aliphatic heterocycles. The van der Waals surface area contributed by atoms with Crippen molar-refractivity contribution in [1.82, 2.24) is 0 Å². The van der Waals surface area contributed by atoms with Crippen LogP contribution in [0.4, 0.5) is 5.69 Å². The number of sulfonamides is 1. The molecule has 0 bridgehead atoms. The van der Waals surface area contributed by atoms with Gasteiger partial charge < -0.3 is 9.84 Å². The van der Waals surface area contributed by atoms with E-state index in [1.165, 1.54) is 49.6 Å². The molecule has 0 spiro atoms. The highest BCUT2D eigenvalue weighted by atomic mass is 32.2. The molecule has 8 heteroatoms. The van der Waals surface area contributed by atoms with Gasteiger partial charge in [-0.3, -0.25) is 4.72 Å². The van der Waals surface area contributed by atoms with Gasteiger partial charge in [0.15, 0.2) is 0 Å². The Morgan fingerprint density at radius 1 is 1.22 bits per heavy atom. The Hall–Kier alpha value is -3.05. The van der Waals surface area contributed by atoms with Crippen molar-refractivity contribution >= 4 is 21.7 Å². The maximum absolute atomic E-state index is 12.4. The number of anilines is 1. The fourth-order valence-corrected chi connectivity index (χ4v) is 3.06. The number of nitrogens with zero attached hydrogens (tertiary/aromatic N) is 1. The summed E-state index contributed by atoms with van der Waals surface area (Å²) in [6.45, 7) is 0. The number of carboxylic acid groups (broad SMARTS) is 1. The second-order valence-electron chi connectivity index (χ2n) is 4.47. The van der Waals surface area contributed by atoms with E-state index in [0.717, 1.165) is 0 Å². The van der Waals surface area contributed by atoms with Crippen molar-refractivity contribution in [1.29, 1.82) is 5.26 Å². The maximum Gasteiger partial charge on any atom is 0.335 e. The molecule has 23 heavy (non-hydrogen) atoms. The van der Waals surface area contributed by atoms with Crippen LogP contribution < -0.4 is 9.46 Å². The predicted octanol–water partition coefficient (Wildman–Crippen LogP) is 2.07. The molecular formula is C15H12N2O5S. The van der Waals surface area contributed by atoms with E-state index in [-0.39, 0.29) is 27.5 Å². The van der Waals surface area contributed by atoms with Crippen molar-refractivity contribution in [2.24, 2.45) is 0 Å². The molecule has 0 aliphatic carbocycles. The predicted molar refractivity (Wildman–Crippen MR) is 81.9 cm³/mol. The van der Waals surface area contributed by atoms with Gasteiger partial charge in [0.25, 0.3) is 10.0 Å². The van der Waals surface area contributed by atoms with Crippen LogP contribution in [0.5, 0.6) is 5.75 Å². The van der Waals surface area contributed by atoms with Crippen LogP contribution in [0.3, 0.4) is 0 Å². The summed E-state index contributed by atoms with van der Waals surface area (Å²) in [4.78, 5) is 10.7. The van der Waals surface area contributed by atoms with Crippen molar-refractivity contribution in [2.45, 2.75) is 4.90 Å². The largest absolute Gasteiger partial charge is 0.495 e. The Labute approximate surface area is 132 Å². The first-order valence-corrected chi connectivity index (χ1v) is 7.80. The lowest BCUT2D eigenvalue weighted by molar-refractivity contribution is 0.0697. The fourth-order valence-electron chi connectivity index (χ4n) is 1.85. The fraction of sp³-hybridized carbons (Fsp3) is 0.0667. The Balaban J connectivity index is 2.35. The molecular weight excluding hydrogens is 320 g/mol. The van der Waals surface area contributed by atoms with E-state index >= 15 is 0 Å². The number of nitrogens with one attached hydrogen (secondary N) is 1. The van der Waals surface area contributed by atoms with Crippen LogP contribution in [0.1, 0.15) is 15.9 Å². The molecule has 0 atom stereocenters. The zero-order valence-corrected chi connectivity index (χ0v) is 12.8. The molecule has 2 aromatic carbocycles. The summed E-state index contributed by atoms with van der Waals surface area (Å²) >= 11 is 0. The van der Waals surface area contributed by atoms with Crippen LogP contribution in [-0.2, 0) is 10.0 Å². The van der Waals surface area contributed by atoms with E-state index in [1.54, 1.807) is 0 Å². The smallest absolute Gasteiger partial charge is 0.335 e. The molecule has 7 nitrogen and oxygen atoms in total. The lowest BCUT2D eigenvalue weighted by atomic mass is 10.2. The van der Waals surface area contributed by atoms with Crippen molar-refractivity contribution in [3.63, 3.8) is 0 Å². The molecule has 2 rings (SSSR count). The minimum atomic E-state index is -3.95. The normalized spacial score (nSPS) is 10.6. The highest BCUT2D eigenvalue weighted by molar-refractivity contribution is 7.92. The first-order valence-electron chi connectivity index (χ1n) is 6.31. The number of hydrogen-bond donors (Lipinski definition) is 2. The molecule has 0 heterocycles. The molecule has 0 fully saturated rings. The zero-order chi connectivity index (χ0) is 17.0. The highest BCUT2D eigenvalue weighted by Crippen LogP contribution is 2.26. The molecule has 0 unspecified atom stereocenters. The first kappa shape index (κ1) is 16.3. The molecule has 2 aromatic rings. The molecule has 2 N–H and O–H groups in total. The molecule has 0 saturated carbocycles. The molecule has 0 radical (unpaired) electrons. The van der Waals surface area contributed by atoms with Gasteiger partial charge in [0, 0.05) is 5.69 Å². The summed E-state index contributed by atoms with van der Waals surface area (Å²) in [7, 11) is -2.64. The quantitative estimate of drug-likeness (QED) is 0.865. The van der Waals surface area contributed by atoms with E-state index in [9.17, 15) is 13.2 Å². The lowest BCUT2D eigenvalue weighted by Crippen LogP contribution is -2.14. The first-order chi connectivity index (χ1) is 10.9. The van der Waals surface area contributed by atoms with Crippen LogP contribution in [0.25, 0.3) is 0 Å². The summed E-state index contributed by atoms with van der Waals surface area (Å²) in [5.41, 5.74) is 0.525. The van der Waals surface area contributed by atoms with Gasteiger partial charge in [-0.15, -0.1) is 0 Å². The third-order valence-electron chi connectivity index (χ3n) is 2.97. The molecule has 118 valence electrons.